The van der Waals surface area contributed by atoms with Crippen molar-refractivity contribution in [1.82, 2.24) is 24.1 Å². The van der Waals surface area contributed by atoms with Gasteiger partial charge in [-0.1, -0.05) is 41.6 Å². The molecule has 0 aliphatic rings. The van der Waals surface area contributed by atoms with Gasteiger partial charge in [-0.15, -0.1) is 0 Å². The van der Waals surface area contributed by atoms with Gasteiger partial charge in [-0.05, 0) is 36.7 Å². The zero-order valence-electron chi connectivity index (χ0n) is 16.1. The Morgan fingerprint density at radius 1 is 1.26 bits per heavy atom. The molecule has 0 unspecified atom stereocenters. The van der Waals surface area contributed by atoms with Gasteiger partial charge in [0.1, 0.15) is 29.9 Å². The van der Waals surface area contributed by atoms with E-state index in [1.165, 1.54) is 35.2 Å². The molecular formula is C20H16ClF2N5OS2. The molecule has 160 valence electrons. The maximum atomic E-state index is 14.6. The molecule has 1 N–H and O–H groups in total. The van der Waals surface area contributed by atoms with E-state index in [4.69, 9.17) is 11.6 Å². The highest BCUT2D eigenvalue weighted by molar-refractivity contribution is 8.01. The van der Waals surface area contributed by atoms with E-state index in [1.54, 1.807) is 19.1 Å². The van der Waals surface area contributed by atoms with Crippen molar-refractivity contribution in [3.8, 4) is 11.4 Å². The van der Waals surface area contributed by atoms with Crippen LogP contribution >= 0.6 is 34.9 Å². The number of benzene rings is 2. The second-order valence-corrected chi connectivity index (χ2v) is 9.57. The third-order valence-electron chi connectivity index (χ3n) is 4.71. The normalized spacial score (nSPS) is 14.4. The SMILES string of the molecule is C[C@@H](Sc1nc(-c2cccc(Cl)c2)ns1)[C@](O)(Cn1cncn1)c1ccc(F)cc1F. The fraction of sp³-hybridized carbons (Fsp3) is 0.200. The van der Waals surface area contributed by atoms with Gasteiger partial charge in [-0.25, -0.2) is 23.4 Å². The molecule has 0 aliphatic carbocycles. The molecule has 31 heavy (non-hydrogen) atoms. The van der Waals surface area contributed by atoms with Crippen molar-refractivity contribution in [2.45, 2.75) is 28.7 Å². The minimum Gasteiger partial charge on any atom is -0.382 e. The van der Waals surface area contributed by atoms with E-state index in [2.05, 4.69) is 19.4 Å². The molecule has 0 radical (unpaired) electrons. The summed E-state index contributed by atoms with van der Waals surface area (Å²) in [5.41, 5.74) is -0.993. The molecule has 4 aromatic rings. The van der Waals surface area contributed by atoms with Crippen molar-refractivity contribution in [2.24, 2.45) is 0 Å². The van der Waals surface area contributed by atoms with Crippen LogP contribution in [-0.4, -0.2) is 34.5 Å². The van der Waals surface area contributed by atoms with Crippen LogP contribution in [0.4, 0.5) is 8.78 Å². The van der Waals surface area contributed by atoms with Crippen LogP contribution in [-0.2, 0) is 12.1 Å². The lowest BCUT2D eigenvalue weighted by Gasteiger charge is -2.33. The second-order valence-electron chi connectivity index (χ2n) is 6.80. The van der Waals surface area contributed by atoms with Crippen LogP contribution in [0.2, 0.25) is 5.02 Å². The van der Waals surface area contributed by atoms with Crippen LogP contribution in [0.15, 0.2) is 59.5 Å². The van der Waals surface area contributed by atoms with E-state index < -0.39 is 22.5 Å². The Labute approximate surface area is 190 Å². The molecule has 0 fully saturated rings. The van der Waals surface area contributed by atoms with Gasteiger partial charge < -0.3 is 5.11 Å². The molecule has 0 amide bonds. The van der Waals surface area contributed by atoms with E-state index in [0.717, 1.165) is 29.2 Å². The number of hydrogen-bond donors (Lipinski definition) is 1. The summed E-state index contributed by atoms with van der Waals surface area (Å²) >= 11 is 8.44. The van der Waals surface area contributed by atoms with Crippen molar-refractivity contribution in [3.63, 3.8) is 0 Å². The van der Waals surface area contributed by atoms with Crippen molar-refractivity contribution in [3.05, 3.63) is 77.3 Å². The third-order valence-corrected chi connectivity index (χ3v) is 7.00. The number of aromatic nitrogens is 5. The number of rotatable bonds is 7. The molecule has 4 rings (SSSR count). The van der Waals surface area contributed by atoms with Gasteiger partial charge >= 0.3 is 0 Å². The first-order valence-electron chi connectivity index (χ1n) is 9.12. The van der Waals surface area contributed by atoms with Crippen molar-refractivity contribution >= 4 is 34.9 Å². The Bertz CT molecular complexity index is 1190. The average Bonchev–Trinajstić information content (AvgIpc) is 3.40. The maximum absolute atomic E-state index is 14.6. The second kappa shape index (κ2) is 8.99. The van der Waals surface area contributed by atoms with Crippen LogP contribution < -0.4 is 0 Å². The van der Waals surface area contributed by atoms with Gasteiger partial charge in [0.05, 0.1) is 6.54 Å². The fourth-order valence-corrected chi connectivity index (χ4v) is 5.27. The van der Waals surface area contributed by atoms with E-state index >= 15 is 0 Å². The minimum atomic E-state index is -1.72. The Morgan fingerprint density at radius 2 is 2.10 bits per heavy atom. The quantitative estimate of drug-likeness (QED) is 0.384. The van der Waals surface area contributed by atoms with E-state index in [1.807, 2.05) is 12.1 Å². The lowest BCUT2D eigenvalue weighted by atomic mass is 9.90. The van der Waals surface area contributed by atoms with Crippen molar-refractivity contribution in [2.75, 3.05) is 0 Å². The van der Waals surface area contributed by atoms with Crippen molar-refractivity contribution in [1.29, 1.82) is 0 Å². The summed E-state index contributed by atoms with van der Waals surface area (Å²) in [4.78, 5) is 8.39. The van der Waals surface area contributed by atoms with Gasteiger partial charge in [0.2, 0.25) is 0 Å². The van der Waals surface area contributed by atoms with Gasteiger partial charge in [-0.2, -0.15) is 9.47 Å². The van der Waals surface area contributed by atoms with E-state index in [0.29, 0.717) is 15.2 Å². The monoisotopic (exact) mass is 479 g/mol. The summed E-state index contributed by atoms with van der Waals surface area (Å²) < 4.78 is 34.5. The zero-order valence-corrected chi connectivity index (χ0v) is 18.5. The molecule has 6 nitrogen and oxygen atoms in total. The molecule has 0 saturated heterocycles. The highest BCUT2D eigenvalue weighted by Gasteiger charge is 2.40. The van der Waals surface area contributed by atoms with Gasteiger partial charge in [-0.3, -0.25) is 0 Å². The molecule has 0 bridgehead atoms. The molecule has 0 saturated carbocycles. The Morgan fingerprint density at radius 3 is 2.81 bits per heavy atom. The first kappa shape index (κ1) is 21.8. The van der Waals surface area contributed by atoms with Crippen LogP contribution in [0.5, 0.6) is 0 Å². The smallest absolute Gasteiger partial charge is 0.174 e. The standard InChI is InChI=1S/C20H16ClF2N5OS2/c1-12(30-19-26-18(27-31-19)13-3-2-4-14(21)7-13)20(29,9-28-11-24-10-25-28)16-6-5-15(22)8-17(16)23/h2-8,10-12,29H,9H2,1H3/t12-,20-/m1/s1. The number of thioether (sulfide) groups is 1. The van der Waals surface area contributed by atoms with Crippen LogP contribution in [0.25, 0.3) is 11.4 Å². The molecule has 2 heterocycles. The number of halogens is 3. The highest BCUT2D eigenvalue weighted by atomic mass is 35.5. The summed E-state index contributed by atoms with van der Waals surface area (Å²) in [7, 11) is 0. The number of nitrogens with zero attached hydrogens (tertiary/aromatic N) is 5. The highest BCUT2D eigenvalue weighted by Crippen LogP contribution is 2.40. The lowest BCUT2D eigenvalue weighted by Crippen LogP contribution is -2.41. The van der Waals surface area contributed by atoms with Crippen molar-refractivity contribution < 1.29 is 13.9 Å². The number of aliphatic hydroxyl groups is 1. The molecule has 11 heteroatoms. The summed E-state index contributed by atoms with van der Waals surface area (Å²) in [6.45, 7) is 1.66. The molecule has 2 atom stereocenters. The topological polar surface area (TPSA) is 76.7 Å². The summed E-state index contributed by atoms with van der Waals surface area (Å²) in [6, 6.07) is 10.3. The minimum absolute atomic E-state index is 0.0380. The molecule has 2 aromatic heterocycles. The molecular weight excluding hydrogens is 464 g/mol. The number of hydrogen-bond acceptors (Lipinski definition) is 7. The third kappa shape index (κ3) is 4.77. The summed E-state index contributed by atoms with van der Waals surface area (Å²) in [5, 5.41) is 15.6. The zero-order chi connectivity index (χ0) is 22.0. The summed E-state index contributed by atoms with van der Waals surface area (Å²) in [6.07, 6.45) is 2.74. The van der Waals surface area contributed by atoms with Crippen LogP contribution in [0.1, 0.15) is 12.5 Å². The average molecular weight is 480 g/mol. The van der Waals surface area contributed by atoms with Gasteiger partial charge in [0.25, 0.3) is 0 Å². The predicted molar refractivity (Wildman–Crippen MR) is 116 cm³/mol. The van der Waals surface area contributed by atoms with E-state index in [9.17, 15) is 13.9 Å². The van der Waals surface area contributed by atoms with Crippen LogP contribution in [0.3, 0.4) is 0 Å². The Balaban J connectivity index is 1.64. The first-order valence-corrected chi connectivity index (χ1v) is 11.1. The summed E-state index contributed by atoms with van der Waals surface area (Å²) in [5.74, 6) is -1.05. The van der Waals surface area contributed by atoms with Crippen LogP contribution in [0, 0.1) is 11.6 Å². The fourth-order valence-electron chi connectivity index (χ4n) is 3.09. The lowest BCUT2D eigenvalue weighted by molar-refractivity contribution is 0.0133. The molecule has 2 aromatic carbocycles. The van der Waals surface area contributed by atoms with Gasteiger partial charge in [0, 0.05) is 27.5 Å². The molecule has 0 aliphatic heterocycles. The Hall–Kier alpha value is -2.40. The molecule has 0 spiro atoms. The Kier molecular flexibility index (Phi) is 6.33. The first-order chi connectivity index (χ1) is 14.8. The van der Waals surface area contributed by atoms with Gasteiger partial charge in [0.15, 0.2) is 10.2 Å². The maximum Gasteiger partial charge on any atom is 0.174 e. The predicted octanol–water partition coefficient (Wildman–Crippen LogP) is 4.80. The largest absolute Gasteiger partial charge is 0.382 e. The van der Waals surface area contributed by atoms with E-state index in [-0.39, 0.29) is 12.1 Å².